The van der Waals surface area contributed by atoms with Crippen LogP contribution < -0.4 is 0 Å². The summed E-state index contributed by atoms with van der Waals surface area (Å²) in [5.74, 6) is 0. The number of rotatable bonds is 0. The van der Waals surface area contributed by atoms with Gasteiger partial charge >= 0.3 is 52.2 Å². The molecule has 0 aliphatic carbocycles. The summed E-state index contributed by atoms with van der Waals surface area (Å²) in [6, 6.07) is 0. The fourth-order valence-electron chi connectivity index (χ4n) is 0. The van der Waals surface area contributed by atoms with E-state index in [4.69, 9.17) is 0 Å². The predicted molar refractivity (Wildman–Crippen MR) is 20.7 cm³/mol. The standard InChI is InChI=1S/Cd.SSe.S/c;1-2;/q+2;;-2. The molecule has 0 amide bonds. The van der Waals surface area contributed by atoms with Gasteiger partial charge in [0.05, 0.1) is 0 Å². The molecule has 0 saturated carbocycles. The zero-order valence-corrected chi connectivity index (χ0v) is 9.31. The van der Waals surface area contributed by atoms with E-state index in [0.717, 1.165) is 0 Å². The Morgan fingerprint density at radius 1 is 1.25 bits per heavy atom. The van der Waals surface area contributed by atoms with Crippen molar-refractivity contribution in [1.82, 2.24) is 0 Å². The molecule has 0 N–H and O–H groups in total. The molecule has 0 heterocycles. The second kappa shape index (κ2) is 19.9. The molecule has 0 aromatic heterocycles. The van der Waals surface area contributed by atoms with Gasteiger partial charge in [-0.3, -0.25) is 0 Å². The second-order valence-electron chi connectivity index (χ2n) is 0. The second-order valence-corrected chi connectivity index (χ2v) is 0. The molecular formula is CdS2Se. The van der Waals surface area contributed by atoms with Gasteiger partial charge in [-0.05, 0) is 0 Å². The summed E-state index contributed by atoms with van der Waals surface area (Å²) < 4.78 is 0. The Bertz CT molecular complexity index is 6.00. The summed E-state index contributed by atoms with van der Waals surface area (Å²) in [6.07, 6.45) is 0. The SMILES string of the molecule is S=[Se].[Cd+2].[S-2]. The van der Waals surface area contributed by atoms with Crippen molar-refractivity contribution >= 4 is 38.4 Å². The summed E-state index contributed by atoms with van der Waals surface area (Å²) in [4.78, 5) is 0. The van der Waals surface area contributed by atoms with Gasteiger partial charge < -0.3 is 13.5 Å². The molecule has 4 heavy (non-hydrogen) atoms. The predicted octanol–water partition coefficient (Wildman–Crippen LogP) is 0.262. The monoisotopic (exact) mass is 258 g/mol. The molecule has 0 radical (unpaired) electrons. The van der Waals surface area contributed by atoms with Crippen molar-refractivity contribution in [2.24, 2.45) is 0 Å². The fourth-order valence-corrected chi connectivity index (χ4v) is 0. The molecule has 4 heteroatoms. The normalized spacial score (nSPS) is 1.00. The summed E-state index contributed by atoms with van der Waals surface area (Å²) in [5, 5.41) is 0. The van der Waals surface area contributed by atoms with Gasteiger partial charge in [0.15, 0.2) is 0 Å². The van der Waals surface area contributed by atoms with Crippen LogP contribution in [0, 0.1) is 0 Å². The molecule has 0 rings (SSSR count). The third kappa shape index (κ3) is 8.99. The smallest absolute Gasteiger partial charge is 2.00 e. The van der Waals surface area contributed by atoms with Crippen LogP contribution in [0.1, 0.15) is 0 Å². The molecule has 0 saturated heterocycles. The Kier molecular flexibility index (Phi) is 83.0. The largest absolute Gasteiger partial charge is 2.00 e. The van der Waals surface area contributed by atoms with Crippen molar-refractivity contribution in [2.45, 2.75) is 0 Å². The zero-order chi connectivity index (χ0) is 2.00. The quantitative estimate of drug-likeness (QED) is 0.560. The van der Waals surface area contributed by atoms with Gasteiger partial charge in [0, 0.05) is 0 Å². The zero-order valence-electron chi connectivity index (χ0n) is 1.93. The van der Waals surface area contributed by atoms with E-state index in [0.29, 0.717) is 0 Å². The molecule has 0 aliphatic heterocycles. The number of hydrogen-bond acceptors (Lipinski definition) is 1. The molecule has 0 aliphatic rings. The molecule has 0 fully saturated rings. The average Bonchev–Trinajstić information content (AvgIpc) is 1.00. The van der Waals surface area contributed by atoms with E-state index >= 15 is 0 Å². The van der Waals surface area contributed by atoms with E-state index in [9.17, 15) is 0 Å². The van der Waals surface area contributed by atoms with Gasteiger partial charge in [0.1, 0.15) is 0 Å². The van der Waals surface area contributed by atoms with Crippen LogP contribution in [0.3, 0.4) is 0 Å². The van der Waals surface area contributed by atoms with Crippen LogP contribution in [-0.4, -0.2) is 14.4 Å². The third-order valence-electron chi connectivity index (χ3n) is 0. The molecule has 0 bridgehead atoms. The van der Waals surface area contributed by atoms with E-state index in [-0.39, 0.29) is 40.8 Å². The molecule has 0 aromatic carbocycles. The maximum absolute atomic E-state index is 3.96. The molecule has 0 spiro atoms. The average molecular weight is 256 g/mol. The Labute approximate surface area is 65.0 Å². The van der Waals surface area contributed by atoms with Crippen LogP contribution in [-0.2, 0) is 40.8 Å². The first-order chi connectivity index (χ1) is 1.00. The molecule has 0 unspecified atom stereocenters. The van der Waals surface area contributed by atoms with E-state index in [1.54, 1.807) is 0 Å². The summed E-state index contributed by atoms with van der Waals surface area (Å²) >= 11 is 2.21. The van der Waals surface area contributed by atoms with Crippen molar-refractivity contribution in [3.63, 3.8) is 0 Å². The van der Waals surface area contributed by atoms with E-state index in [1.165, 1.54) is 0 Å². The minimum atomic E-state index is 0. The molecule has 0 atom stereocenters. The van der Waals surface area contributed by atoms with Gasteiger partial charge in [-0.25, -0.2) is 0 Å². The van der Waals surface area contributed by atoms with Crippen molar-refractivity contribution in [1.29, 1.82) is 0 Å². The van der Waals surface area contributed by atoms with E-state index in [2.05, 4.69) is 24.9 Å². The first-order valence-electron chi connectivity index (χ1n) is 0.167. The Morgan fingerprint density at radius 2 is 1.25 bits per heavy atom. The molecule has 0 nitrogen and oxygen atoms in total. The van der Waals surface area contributed by atoms with Crippen molar-refractivity contribution in [3.8, 4) is 0 Å². The van der Waals surface area contributed by atoms with Crippen molar-refractivity contribution in [2.75, 3.05) is 0 Å². The van der Waals surface area contributed by atoms with Crippen LogP contribution >= 0.6 is 10.6 Å². The minimum absolute atomic E-state index is 0. The van der Waals surface area contributed by atoms with Gasteiger partial charge in [0.2, 0.25) is 0 Å². The van der Waals surface area contributed by atoms with Gasteiger partial charge in [-0.2, -0.15) is 0 Å². The van der Waals surface area contributed by atoms with Gasteiger partial charge in [0.25, 0.3) is 0 Å². The maximum atomic E-state index is 3.96. The maximum Gasteiger partial charge on any atom is 2.00 e. The minimum Gasteiger partial charge on any atom is -2.00 e. The van der Waals surface area contributed by atoms with Gasteiger partial charge in [-0.1, -0.05) is 0 Å². The topological polar surface area (TPSA) is 0 Å². The van der Waals surface area contributed by atoms with Crippen LogP contribution in [0.4, 0.5) is 0 Å². The summed E-state index contributed by atoms with van der Waals surface area (Å²) in [5.41, 5.74) is 0. The van der Waals surface area contributed by atoms with Crippen molar-refractivity contribution in [3.05, 3.63) is 0 Å². The summed E-state index contributed by atoms with van der Waals surface area (Å²) in [7, 11) is 3.96. The fraction of sp³-hybridized carbons (Fsp3) is 0. The van der Waals surface area contributed by atoms with E-state index < -0.39 is 0 Å². The van der Waals surface area contributed by atoms with Crippen LogP contribution in [0.15, 0.2) is 0 Å². The first-order valence-corrected chi connectivity index (χ1v) is 2.60. The molecular weight excluding hydrogens is 256 g/mol. The number of hydrogen-bond donors (Lipinski definition) is 0. The van der Waals surface area contributed by atoms with Crippen molar-refractivity contribution < 1.29 is 27.3 Å². The summed E-state index contributed by atoms with van der Waals surface area (Å²) in [6.45, 7) is 0. The third-order valence-corrected chi connectivity index (χ3v) is 0. The molecule has 0 aromatic rings. The van der Waals surface area contributed by atoms with Gasteiger partial charge in [-0.15, -0.1) is 0 Å². The first kappa shape index (κ1) is 16.6. The Morgan fingerprint density at radius 3 is 1.25 bits per heavy atom. The van der Waals surface area contributed by atoms with Crippen LogP contribution in [0.2, 0.25) is 0 Å². The molecule has 20 valence electrons. The van der Waals surface area contributed by atoms with Crippen LogP contribution in [0.5, 0.6) is 0 Å². The Balaban J connectivity index is -0.00000000500. The van der Waals surface area contributed by atoms with E-state index in [1.807, 2.05) is 0 Å². The van der Waals surface area contributed by atoms with Crippen LogP contribution in [0.25, 0.3) is 0 Å². The Hall–Kier alpha value is 2.01.